The molecule has 0 radical (unpaired) electrons. The number of nitrogens with one attached hydrogen (secondary N) is 2. The molecule has 9 heteroatoms. The number of carbonyl (C=O) groups excluding carboxylic acids is 3. The van der Waals surface area contributed by atoms with Crippen LogP contribution < -0.4 is 10.6 Å². The molecule has 1 saturated carbocycles. The van der Waals surface area contributed by atoms with Crippen molar-refractivity contribution in [3.63, 3.8) is 0 Å². The van der Waals surface area contributed by atoms with Gasteiger partial charge >= 0.3 is 12.0 Å². The quantitative estimate of drug-likeness (QED) is 0.507. The van der Waals surface area contributed by atoms with Crippen LogP contribution >= 0.6 is 0 Å². The van der Waals surface area contributed by atoms with Gasteiger partial charge in [0, 0.05) is 30.4 Å². The highest BCUT2D eigenvalue weighted by Crippen LogP contribution is 2.29. The maximum Gasteiger partial charge on any atom is 0.323 e. The van der Waals surface area contributed by atoms with E-state index in [0.29, 0.717) is 11.3 Å². The molecule has 2 fully saturated rings. The Hall–Kier alpha value is -3.88. The van der Waals surface area contributed by atoms with E-state index in [1.54, 1.807) is 24.3 Å². The van der Waals surface area contributed by atoms with Crippen molar-refractivity contribution in [2.24, 2.45) is 5.92 Å². The van der Waals surface area contributed by atoms with Gasteiger partial charge in [-0.25, -0.2) is 4.79 Å². The summed E-state index contributed by atoms with van der Waals surface area (Å²) in [7, 11) is 0. The van der Waals surface area contributed by atoms with Crippen LogP contribution in [0.1, 0.15) is 60.0 Å². The third-order valence-electron chi connectivity index (χ3n) is 7.40. The van der Waals surface area contributed by atoms with E-state index < -0.39 is 30.1 Å². The fourth-order valence-corrected chi connectivity index (χ4v) is 5.52. The number of hydrogen-bond donors (Lipinski definition) is 3. The second-order valence-electron chi connectivity index (χ2n) is 10.3. The number of urea groups is 1. The van der Waals surface area contributed by atoms with Gasteiger partial charge in [0.2, 0.25) is 0 Å². The van der Waals surface area contributed by atoms with Crippen LogP contribution in [0.4, 0.5) is 10.5 Å². The second kappa shape index (κ2) is 12.1. The van der Waals surface area contributed by atoms with E-state index in [2.05, 4.69) is 10.6 Å². The van der Waals surface area contributed by atoms with Crippen molar-refractivity contribution in [2.45, 2.75) is 64.6 Å². The molecule has 1 aliphatic carbocycles. The Bertz CT molecular complexity index is 1190. The zero-order valence-electron chi connectivity index (χ0n) is 22.0. The van der Waals surface area contributed by atoms with Crippen LogP contribution in [0.15, 0.2) is 48.5 Å². The largest absolute Gasteiger partial charge is 0.481 e. The first kappa shape index (κ1) is 27.2. The van der Waals surface area contributed by atoms with Gasteiger partial charge in [0.1, 0.15) is 0 Å². The number of aryl methyl sites for hydroxylation is 2. The summed E-state index contributed by atoms with van der Waals surface area (Å²) < 4.78 is 0. The molecule has 4 amide bonds. The summed E-state index contributed by atoms with van der Waals surface area (Å²) >= 11 is 0. The third-order valence-corrected chi connectivity index (χ3v) is 7.40. The number of carboxylic acids is 1. The van der Waals surface area contributed by atoms with Crippen LogP contribution in [0.25, 0.3) is 0 Å². The predicted molar refractivity (Wildman–Crippen MR) is 144 cm³/mol. The molecule has 202 valence electrons. The lowest BCUT2D eigenvalue weighted by atomic mass is 9.82. The summed E-state index contributed by atoms with van der Waals surface area (Å²) in [5.41, 5.74) is 2.89. The molecule has 3 N–H and O–H groups in total. The molecule has 38 heavy (non-hydrogen) atoms. The van der Waals surface area contributed by atoms with Crippen LogP contribution in [0, 0.1) is 19.8 Å². The number of nitrogens with zero attached hydrogens (tertiary/aromatic N) is 2. The molecule has 2 aromatic carbocycles. The van der Waals surface area contributed by atoms with Crippen molar-refractivity contribution in [1.82, 2.24) is 15.1 Å². The fourth-order valence-electron chi connectivity index (χ4n) is 5.52. The average molecular weight is 521 g/mol. The lowest BCUT2D eigenvalue weighted by molar-refractivity contribution is -0.138. The molecule has 9 nitrogen and oxygen atoms in total. The molecule has 0 spiro atoms. The first-order valence-corrected chi connectivity index (χ1v) is 13.3. The van der Waals surface area contributed by atoms with Crippen LogP contribution in [0.2, 0.25) is 0 Å². The highest BCUT2D eigenvalue weighted by Gasteiger charge is 2.44. The van der Waals surface area contributed by atoms with Crippen LogP contribution in [-0.2, 0) is 9.59 Å². The van der Waals surface area contributed by atoms with Gasteiger partial charge < -0.3 is 20.6 Å². The first-order valence-electron chi connectivity index (χ1n) is 13.3. The van der Waals surface area contributed by atoms with Crippen molar-refractivity contribution in [1.29, 1.82) is 0 Å². The maximum absolute atomic E-state index is 13.8. The second-order valence-corrected chi connectivity index (χ2v) is 10.3. The summed E-state index contributed by atoms with van der Waals surface area (Å²) in [6, 6.07) is 13.4. The topological polar surface area (TPSA) is 119 Å². The van der Waals surface area contributed by atoms with Gasteiger partial charge in [-0.1, -0.05) is 49.1 Å². The summed E-state index contributed by atoms with van der Waals surface area (Å²) in [6.07, 6.45) is 3.35. The van der Waals surface area contributed by atoms with Crippen LogP contribution in [0.5, 0.6) is 0 Å². The van der Waals surface area contributed by atoms with Crippen LogP contribution in [0.3, 0.4) is 0 Å². The summed E-state index contributed by atoms with van der Waals surface area (Å²) in [5, 5.41) is 15.3. The number of carbonyl (C=O) groups is 4. The Balaban J connectivity index is 1.61. The third kappa shape index (κ3) is 6.51. The molecule has 1 aliphatic heterocycles. The zero-order chi connectivity index (χ0) is 27.2. The Morgan fingerprint density at radius 1 is 0.921 bits per heavy atom. The predicted octanol–water partition coefficient (Wildman–Crippen LogP) is 4.16. The van der Waals surface area contributed by atoms with E-state index in [1.165, 1.54) is 9.80 Å². The standard InChI is InChI=1S/C29H36N4O5/c1-19-8-6-12-22(16-19)28(37)32-14-15-33(29(38)30-23-13-7-9-20(2)17-23)27(32)26(36)31-24(18-25(34)35)21-10-4-3-5-11-21/h6-9,12-13,16-17,21,24,27H,3-5,10-11,14-15,18H2,1-2H3,(H,30,38)(H,31,36)(H,34,35). The number of carboxylic acid groups (broad SMARTS) is 1. The molecular formula is C29H36N4O5. The Morgan fingerprint density at radius 3 is 2.24 bits per heavy atom. The highest BCUT2D eigenvalue weighted by atomic mass is 16.4. The van der Waals surface area contributed by atoms with Gasteiger partial charge in [0.25, 0.3) is 11.8 Å². The van der Waals surface area contributed by atoms with Crippen molar-refractivity contribution in [3.8, 4) is 0 Å². The number of rotatable bonds is 7. The SMILES string of the molecule is Cc1cccc(NC(=O)N2CCN(C(=O)c3cccc(C)c3)C2C(=O)NC(CC(=O)O)C2CCCCC2)c1. The fraction of sp³-hybridized carbons (Fsp3) is 0.448. The summed E-state index contributed by atoms with van der Waals surface area (Å²) in [4.78, 5) is 55.1. The van der Waals surface area contributed by atoms with Crippen molar-refractivity contribution >= 4 is 29.5 Å². The van der Waals surface area contributed by atoms with Gasteiger partial charge in [0.05, 0.1) is 6.42 Å². The van der Waals surface area contributed by atoms with Gasteiger partial charge in [-0.2, -0.15) is 0 Å². The van der Waals surface area contributed by atoms with Gasteiger partial charge in [-0.3, -0.25) is 19.3 Å². The molecule has 0 bridgehead atoms. The number of hydrogen-bond acceptors (Lipinski definition) is 4. The highest BCUT2D eigenvalue weighted by molar-refractivity contribution is 6.00. The van der Waals surface area contributed by atoms with E-state index in [9.17, 15) is 24.3 Å². The summed E-state index contributed by atoms with van der Waals surface area (Å²) in [6.45, 7) is 4.14. The van der Waals surface area contributed by atoms with Gasteiger partial charge in [-0.15, -0.1) is 0 Å². The molecule has 4 rings (SSSR count). The molecule has 2 unspecified atom stereocenters. The van der Waals surface area contributed by atoms with Crippen LogP contribution in [-0.4, -0.2) is 64.0 Å². The normalized spacial score (nSPS) is 18.6. The Kier molecular flexibility index (Phi) is 8.66. The lowest BCUT2D eigenvalue weighted by Gasteiger charge is -2.34. The van der Waals surface area contributed by atoms with Crippen molar-refractivity contribution in [2.75, 3.05) is 18.4 Å². The maximum atomic E-state index is 13.8. The van der Waals surface area contributed by atoms with Gasteiger partial charge in [0.15, 0.2) is 6.17 Å². The van der Waals surface area contributed by atoms with Gasteiger partial charge in [-0.05, 0) is 62.4 Å². The minimum atomic E-state index is -1.20. The molecule has 2 aliphatic rings. The lowest BCUT2D eigenvalue weighted by Crippen LogP contribution is -2.57. The molecular weight excluding hydrogens is 484 g/mol. The molecule has 1 saturated heterocycles. The first-order chi connectivity index (χ1) is 18.2. The van der Waals surface area contributed by atoms with E-state index in [4.69, 9.17) is 0 Å². The van der Waals surface area contributed by atoms with E-state index in [1.807, 2.05) is 38.1 Å². The van der Waals surface area contributed by atoms with E-state index in [-0.39, 0.29) is 31.3 Å². The van der Waals surface area contributed by atoms with Crippen molar-refractivity contribution in [3.05, 3.63) is 65.2 Å². The monoisotopic (exact) mass is 520 g/mol. The van der Waals surface area contributed by atoms with E-state index >= 15 is 0 Å². The minimum Gasteiger partial charge on any atom is -0.481 e. The number of anilines is 1. The number of aliphatic carboxylic acids is 1. The number of amides is 4. The summed E-state index contributed by atoms with van der Waals surface area (Å²) in [5.74, 6) is -1.85. The zero-order valence-corrected chi connectivity index (χ0v) is 22.0. The Morgan fingerprint density at radius 2 is 1.58 bits per heavy atom. The minimum absolute atomic E-state index is 0.0423. The Labute approximate surface area is 223 Å². The molecule has 2 atom stereocenters. The smallest absolute Gasteiger partial charge is 0.323 e. The average Bonchev–Trinajstić information content (AvgIpc) is 3.34. The molecule has 0 aromatic heterocycles. The number of benzene rings is 2. The molecule has 2 aromatic rings. The van der Waals surface area contributed by atoms with E-state index in [0.717, 1.165) is 43.2 Å². The molecule has 1 heterocycles. The van der Waals surface area contributed by atoms with Crippen molar-refractivity contribution < 1.29 is 24.3 Å².